The Balaban J connectivity index is 2.00. The van der Waals surface area contributed by atoms with E-state index in [4.69, 9.17) is 5.14 Å². The van der Waals surface area contributed by atoms with E-state index >= 15 is 0 Å². The lowest BCUT2D eigenvalue weighted by molar-refractivity contribution is -0.130. The van der Waals surface area contributed by atoms with Crippen molar-refractivity contribution in [3.63, 3.8) is 0 Å². The first kappa shape index (κ1) is 15.7. The maximum absolute atomic E-state index is 11.9. The summed E-state index contributed by atoms with van der Waals surface area (Å²) in [5.41, 5.74) is 0. The SMILES string of the molecule is CS(=O)(=O)N1CCC(N2CC(S(N)(=O)=O)CC2=O)CC1. The molecular weight excluding hydrogens is 306 g/mol. The molecule has 0 aliphatic carbocycles. The number of nitrogens with zero attached hydrogens (tertiary/aromatic N) is 2. The molecule has 1 amide bonds. The average Bonchev–Trinajstić information content (AvgIpc) is 2.70. The molecule has 2 N–H and O–H groups in total. The Labute approximate surface area is 119 Å². The lowest BCUT2D eigenvalue weighted by Crippen LogP contribution is -2.47. The minimum atomic E-state index is -3.71. The van der Waals surface area contributed by atoms with E-state index in [9.17, 15) is 21.6 Å². The molecule has 0 spiro atoms. The highest BCUT2D eigenvalue weighted by molar-refractivity contribution is 7.89. The first-order valence-electron chi connectivity index (χ1n) is 6.35. The van der Waals surface area contributed by atoms with Gasteiger partial charge >= 0.3 is 0 Å². The summed E-state index contributed by atoms with van der Waals surface area (Å²) < 4.78 is 46.8. The van der Waals surface area contributed by atoms with Crippen molar-refractivity contribution in [1.29, 1.82) is 0 Å². The fourth-order valence-corrected chi connectivity index (χ4v) is 4.37. The number of carbonyl (C=O) groups excluding carboxylic acids is 1. The predicted octanol–water partition coefficient (Wildman–Crippen LogP) is -1.70. The highest BCUT2D eigenvalue weighted by Crippen LogP contribution is 2.25. The second-order valence-corrected chi connectivity index (χ2v) is 9.18. The van der Waals surface area contributed by atoms with E-state index < -0.39 is 25.3 Å². The first-order valence-corrected chi connectivity index (χ1v) is 9.81. The van der Waals surface area contributed by atoms with Crippen LogP contribution in [0.4, 0.5) is 0 Å². The monoisotopic (exact) mass is 325 g/mol. The number of nitrogens with two attached hydrogens (primary N) is 1. The third-order valence-corrected chi connectivity index (χ3v) is 6.47. The van der Waals surface area contributed by atoms with Crippen LogP contribution in [0.1, 0.15) is 19.3 Å². The standard InChI is InChI=1S/C10H19N3O5S2/c1-19(15,16)12-4-2-8(3-5-12)13-7-9(6-10(13)14)20(11,17)18/h8-9H,2-7H2,1H3,(H2,11,17,18). The summed E-state index contributed by atoms with van der Waals surface area (Å²) in [5, 5.41) is 4.24. The van der Waals surface area contributed by atoms with Crippen molar-refractivity contribution >= 4 is 26.0 Å². The van der Waals surface area contributed by atoms with E-state index in [-0.39, 0.29) is 24.9 Å². The number of sulfonamides is 2. The van der Waals surface area contributed by atoms with Gasteiger partial charge in [0.1, 0.15) is 5.25 Å². The Morgan fingerprint density at radius 1 is 1.15 bits per heavy atom. The van der Waals surface area contributed by atoms with Gasteiger partial charge in [0.15, 0.2) is 0 Å². The van der Waals surface area contributed by atoms with Crippen molar-refractivity contribution in [2.45, 2.75) is 30.6 Å². The van der Waals surface area contributed by atoms with Crippen LogP contribution >= 0.6 is 0 Å². The van der Waals surface area contributed by atoms with Gasteiger partial charge in [-0.25, -0.2) is 26.3 Å². The van der Waals surface area contributed by atoms with Gasteiger partial charge in [-0.2, -0.15) is 0 Å². The number of hydrogen-bond acceptors (Lipinski definition) is 5. The third kappa shape index (κ3) is 3.30. The Morgan fingerprint density at radius 2 is 1.70 bits per heavy atom. The zero-order chi connectivity index (χ0) is 15.1. The molecule has 2 saturated heterocycles. The van der Waals surface area contributed by atoms with Crippen LogP contribution in [0.15, 0.2) is 0 Å². The normalized spacial score (nSPS) is 27.2. The van der Waals surface area contributed by atoms with Crippen molar-refractivity contribution < 1.29 is 21.6 Å². The lowest BCUT2D eigenvalue weighted by Gasteiger charge is -2.35. The molecule has 2 aliphatic heterocycles. The molecule has 1 atom stereocenters. The fourth-order valence-electron chi connectivity index (χ4n) is 2.76. The van der Waals surface area contributed by atoms with Crippen molar-refractivity contribution in [1.82, 2.24) is 9.21 Å². The summed E-state index contributed by atoms with van der Waals surface area (Å²) in [6.07, 6.45) is 2.13. The summed E-state index contributed by atoms with van der Waals surface area (Å²) >= 11 is 0. The third-order valence-electron chi connectivity index (χ3n) is 3.92. The minimum absolute atomic E-state index is 0.0782. The summed E-state index contributed by atoms with van der Waals surface area (Å²) in [4.78, 5) is 13.4. The van der Waals surface area contributed by atoms with E-state index in [0.717, 1.165) is 6.26 Å². The van der Waals surface area contributed by atoms with Gasteiger partial charge in [0.2, 0.25) is 26.0 Å². The second-order valence-electron chi connectivity index (χ2n) is 5.35. The molecule has 0 radical (unpaired) electrons. The highest BCUT2D eigenvalue weighted by atomic mass is 32.2. The maximum atomic E-state index is 11.9. The average molecular weight is 325 g/mol. The van der Waals surface area contributed by atoms with E-state index in [1.807, 2.05) is 0 Å². The molecule has 0 aromatic carbocycles. The molecule has 10 heteroatoms. The Bertz CT molecular complexity index is 592. The summed E-state index contributed by atoms with van der Waals surface area (Å²) in [6, 6.07) is -0.104. The number of primary sulfonamides is 1. The molecule has 0 aromatic rings. The van der Waals surface area contributed by atoms with Gasteiger partial charge in [0.25, 0.3) is 0 Å². The number of rotatable bonds is 3. The molecule has 20 heavy (non-hydrogen) atoms. The van der Waals surface area contributed by atoms with Crippen LogP contribution < -0.4 is 5.14 Å². The van der Waals surface area contributed by atoms with E-state index in [1.54, 1.807) is 0 Å². The fraction of sp³-hybridized carbons (Fsp3) is 0.900. The van der Waals surface area contributed by atoms with Crippen molar-refractivity contribution in [2.24, 2.45) is 5.14 Å². The predicted molar refractivity (Wildman–Crippen MR) is 72.7 cm³/mol. The van der Waals surface area contributed by atoms with Gasteiger partial charge in [-0.3, -0.25) is 4.79 Å². The van der Waals surface area contributed by atoms with Crippen LogP contribution in [0.5, 0.6) is 0 Å². The van der Waals surface area contributed by atoms with Crippen molar-refractivity contribution in [3.05, 3.63) is 0 Å². The van der Waals surface area contributed by atoms with Crippen LogP contribution in [-0.2, 0) is 24.8 Å². The molecule has 0 aromatic heterocycles. The van der Waals surface area contributed by atoms with Crippen LogP contribution in [-0.4, -0.2) is 69.1 Å². The first-order chi connectivity index (χ1) is 9.09. The zero-order valence-electron chi connectivity index (χ0n) is 11.2. The van der Waals surface area contributed by atoms with Crippen LogP contribution in [0.2, 0.25) is 0 Å². The van der Waals surface area contributed by atoms with Crippen LogP contribution in [0.25, 0.3) is 0 Å². The van der Waals surface area contributed by atoms with Gasteiger partial charge in [-0.1, -0.05) is 0 Å². The van der Waals surface area contributed by atoms with Crippen LogP contribution in [0.3, 0.4) is 0 Å². The molecule has 8 nitrogen and oxygen atoms in total. The van der Waals surface area contributed by atoms with E-state index in [1.165, 1.54) is 9.21 Å². The minimum Gasteiger partial charge on any atom is -0.338 e. The Kier molecular flexibility index (Phi) is 4.11. The van der Waals surface area contributed by atoms with Crippen molar-refractivity contribution in [2.75, 3.05) is 25.9 Å². The second kappa shape index (κ2) is 5.24. The largest absolute Gasteiger partial charge is 0.338 e. The number of carbonyl (C=O) groups is 1. The van der Waals surface area contributed by atoms with Gasteiger partial charge in [-0.15, -0.1) is 0 Å². The number of likely N-dealkylation sites (tertiary alicyclic amines) is 1. The molecule has 2 aliphatic rings. The van der Waals surface area contributed by atoms with Gasteiger partial charge in [-0.05, 0) is 12.8 Å². The van der Waals surface area contributed by atoms with Crippen LogP contribution in [0, 0.1) is 0 Å². The molecule has 0 bridgehead atoms. The molecule has 2 heterocycles. The van der Waals surface area contributed by atoms with E-state index in [2.05, 4.69) is 0 Å². The van der Waals surface area contributed by atoms with Crippen molar-refractivity contribution in [3.8, 4) is 0 Å². The molecule has 0 saturated carbocycles. The molecule has 116 valence electrons. The number of hydrogen-bond donors (Lipinski definition) is 1. The maximum Gasteiger partial charge on any atom is 0.224 e. The number of amides is 1. The zero-order valence-corrected chi connectivity index (χ0v) is 12.9. The van der Waals surface area contributed by atoms with Gasteiger partial charge in [0, 0.05) is 32.1 Å². The quantitative estimate of drug-likeness (QED) is 0.663. The topological polar surface area (TPSA) is 118 Å². The highest BCUT2D eigenvalue weighted by Gasteiger charge is 2.40. The Morgan fingerprint density at radius 3 is 2.10 bits per heavy atom. The summed E-state index contributed by atoms with van der Waals surface area (Å²) in [6.45, 7) is 0.821. The molecule has 2 rings (SSSR count). The van der Waals surface area contributed by atoms with Gasteiger partial charge < -0.3 is 4.90 Å². The molecule has 2 fully saturated rings. The molecule has 1 unspecified atom stereocenters. The van der Waals surface area contributed by atoms with E-state index in [0.29, 0.717) is 25.9 Å². The summed E-state index contributed by atoms with van der Waals surface area (Å²) in [7, 11) is -6.92. The summed E-state index contributed by atoms with van der Waals surface area (Å²) in [5.74, 6) is -0.221. The molecular formula is C10H19N3O5S2. The number of piperidine rings is 1. The van der Waals surface area contributed by atoms with Gasteiger partial charge in [0.05, 0.1) is 6.26 Å². The Hall–Kier alpha value is -0.710. The lowest BCUT2D eigenvalue weighted by atomic mass is 10.1. The smallest absolute Gasteiger partial charge is 0.224 e.